The van der Waals surface area contributed by atoms with E-state index in [2.05, 4.69) is 35.9 Å². The summed E-state index contributed by atoms with van der Waals surface area (Å²) in [6.45, 7) is 7.45. The fourth-order valence-electron chi connectivity index (χ4n) is 3.30. The summed E-state index contributed by atoms with van der Waals surface area (Å²) in [5, 5.41) is 0. The van der Waals surface area contributed by atoms with Crippen molar-refractivity contribution < 1.29 is 0 Å². The number of hydrogen-bond acceptors (Lipinski definition) is 3. The second-order valence-electron chi connectivity index (χ2n) is 5.87. The van der Waals surface area contributed by atoms with Gasteiger partial charge in [0.15, 0.2) is 0 Å². The van der Waals surface area contributed by atoms with Crippen molar-refractivity contribution in [3.63, 3.8) is 0 Å². The van der Waals surface area contributed by atoms with E-state index in [0.717, 1.165) is 25.6 Å². The largest absolute Gasteiger partial charge is 0.330 e. The van der Waals surface area contributed by atoms with Crippen molar-refractivity contribution in [2.75, 3.05) is 13.1 Å². The third-order valence-electron chi connectivity index (χ3n) is 4.49. The Morgan fingerprint density at radius 1 is 1.37 bits per heavy atom. The molecule has 1 aliphatic rings. The molecule has 2 N–H and O–H groups in total. The smallest absolute Gasteiger partial charge is 0.0544 e. The Hall–Kier alpha value is -0.930. The zero-order valence-corrected chi connectivity index (χ0v) is 12.3. The van der Waals surface area contributed by atoms with Gasteiger partial charge in [-0.05, 0) is 49.9 Å². The molecule has 1 heterocycles. The lowest BCUT2D eigenvalue weighted by Gasteiger charge is -2.41. The van der Waals surface area contributed by atoms with E-state index in [9.17, 15) is 0 Å². The van der Waals surface area contributed by atoms with Crippen molar-refractivity contribution in [2.24, 2.45) is 17.6 Å². The van der Waals surface area contributed by atoms with Gasteiger partial charge in [-0.3, -0.25) is 9.88 Å². The minimum Gasteiger partial charge on any atom is -0.330 e. The molecule has 0 saturated heterocycles. The Kier molecular flexibility index (Phi) is 5.34. The number of nitrogens with zero attached hydrogens (tertiary/aromatic N) is 2. The van der Waals surface area contributed by atoms with Gasteiger partial charge >= 0.3 is 0 Å². The maximum atomic E-state index is 5.98. The van der Waals surface area contributed by atoms with Crippen molar-refractivity contribution in [1.82, 2.24) is 9.88 Å². The normalized spacial score (nSPS) is 27.7. The summed E-state index contributed by atoms with van der Waals surface area (Å²) < 4.78 is 0. The number of aromatic nitrogens is 1. The SMILES string of the molecule is CCN(Cc1ccccn1)C1CC(C)CCC1CN. The highest BCUT2D eigenvalue weighted by Crippen LogP contribution is 2.32. The first-order valence-electron chi connectivity index (χ1n) is 7.58. The highest BCUT2D eigenvalue weighted by atomic mass is 15.2. The summed E-state index contributed by atoms with van der Waals surface area (Å²) in [4.78, 5) is 7.02. The van der Waals surface area contributed by atoms with Gasteiger partial charge in [0, 0.05) is 18.8 Å². The van der Waals surface area contributed by atoms with Crippen molar-refractivity contribution in [3.05, 3.63) is 30.1 Å². The van der Waals surface area contributed by atoms with Gasteiger partial charge in [0.05, 0.1) is 5.69 Å². The Morgan fingerprint density at radius 3 is 2.84 bits per heavy atom. The van der Waals surface area contributed by atoms with Crippen LogP contribution in [0.15, 0.2) is 24.4 Å². The summed E-state index contributed by atoms with van der Waals surface area (Å²) in [5.41, 5.74) is 7.15. The van der Waals surface area contributed by atoms with Crippen LogP contribution in [0.3, 0.4) is 0 Å². The van der Waals surface area contributed by atoms with Gasteiger partial charge in [-0.2, -0.15) is 0 Å². The summed E-state index contributed by atoms with van der Waals surface area (Å²) in [6, 6.07) is 6.79. The lowest BCUT2D eigenvalue weighted by molar-refractivity contribution is 0.0832. The zero-order chi connectivity index (χ0) is 13.7. The van der Waals surface area contributed by atoms with E-state index < -0.39 is 0 Å². The van der Waals surface area contributed by atoms with Crippen molar-refractivity contribution in [2.45, 2.75) is 45.7 Å². The fraction of sp³-hybridized carbons (Fsp3) is 0.688. The molecule has 0 spiro atoms. The van der Waals surface area contributed by atoms with Crippen molar-refractivity contribution in [1.29, 1.82) is 0 Å². The van der Waals surface area contributed by atoms with E-state index in [1.807, 2.05) is 12.3 Å². The van der Waals surface area contributed by atoms with E-state index in [4.69, 9.17) is 5.73 Å². The number of hydrogen-bond donors (Lipinski definition) is 1. The van der Waals surface area contributed by atoms with Crippen LogP contribution in [0.5, 0.6) is 0 Å². The third-order valence-corrected chi connectivity index (χ3v) is 4.49. The molecule has 1 aromatic heterocycles. The quantitative estimate of drug-likeness (QED) is 0.886. The van der Waals surface area contributed by atoms with Crippen LogP contribution in [0.2, 0.25) is 0 Å². The Bertz CT molecular complexity index is 366. The molecule has 2 rings (SSSR count). The molecular formula is C16H27N3. The monoisotopic (exact) mass is 261 g/mol. The minimum absolute atomic E-state index is 0.626. The van der Waals surface area contributed by atoms with Crippen LogP contribution < -0.4 is 5.73 Å². The molecule has 3 heteroatoms. The van der Waals surface area contributed by atoms with Gasteiger partial charge in [-0.25, -0.2) is 0 Å². The van der Waals surface area contributed by atoms with Gasteiger partial charge in [0.1, 0.15) is 0 Å². The zero-order valence-electron chi connectivity index (χ0n) is 12.3. The number of nitrogens with two attached hydrogens (primary N) is 1. The van der Waals surface area contributed by atoms with Gasteiger partial charge in [-0.15, -0.1) is 0 Å². The van der Waals surface area contributed by atoms with Crippen LogP contribution in [-0.4, -0.2) is 29.0 Å². The van der Waals surface area contributed by atoms with Gasteiger partial charge < -0.3 is 5.73 Å². The molecule has 0 bridgehead atoms. The summed E-state index contributed by atoms with van der Waals surface area (Å²) in [7, 11) is 0. The highest BCUT2D eigenvalue weighted by molar-refractivity contribution is 5.04. The maximum Gasteiger partial charge on any atom is 0.0544 e. The third kappa shape index (κ3) is 3.77. The topological polar surface area (TPSA) is 42.2 Å². The first-order chi connectivity index (χ1) is 9.24. The molecule has 0 amide bonds. The average Bonchev–Trinajstić information content (AvgIpc) is 2.46. The van der Waals surface area contributed by atoms with Gasteiger partial charge in [-0.1, -0.05) is 26.3 Å². The Morgan fingerprint density at radius 2 is 2.21 bits per heavy atom. The predicted molar refractivity (Wildman–Crippen MR) is 79.7 cm³/mol. The van der Waals surface area contributed by atoms with Crippen LogP contribution in [0.1, 0.15) is 38.8 Å². The van der Waals surface area contributed by atoms with E-state index >= 15 is 0 Å². The molecule has 3 atom stereocenters. The lowest BCUT2D eigenvalue weighted by Crippen LogP contribution is -2.46. The van der Waals surface area contributed by atoms with E-state index in [-0.39, 0.29) is 0 Å². The lowest BCUT2D eigenvalue weighted by atomic mass is 9.78. The van der Waals surface area contributed by atoms with Crippen LogP contribution in [0.4, 0.5) is 0 Å². The summed E-state index contributed by atoms with van der Waals surface area (Å²) in [6.07, 6.45) is 5.77. The standard InChI is InChI=1S/C16H27N3/c1-3-19(12-15-6-4-5-9-18-15)16-10-13(2)7-8-14(16)11-17/h4-6,9,13-14,16H,3,7-8,10-12,17H2,1-2H3. The molecule has 0 aliphatic heterocycles. The molecule has 0 aromatic carbocycles. The molecule has 106 valence electrons. The Balaban J connectivity index is 2.06. The van der Waals surface area contributed by atoms with Gasteiger partial charge in [0.25, 0.3) is 0 Å². The van der Waals surface area contributed by atoms with E-state index in [1.165, 1.54) is 25.0 Å². The molecular weight excluding hydrogens is 234 g/mol. The molecule has 1 fully saturated rings. The molecule has 3 unspecified atom stereocenters. The molecule has 1 aromatic rings. The molecule has 1 aliphatic carbocycles. The van der Waals surface area contributed by atoms with Gasteiger partial charge in [0.2, 0.25) is 0 Å². The van der Waals surface area contributed by atoms with Crippen LogP contribution in [-0.2, 0) is 6.54 Å². The first kappa shape index (κ1) is 14.5. The molecule has 1 saturated carbocycles. The van der Waals surface area contributed by atoms with Crippen LogP contribution in [0.25, 0.3) is 0 Å². The van der Waals surface area contributed by atoms with Crippen LogP contribution in [0, 0.1) is 11.8 Å². The maximum absolute atomic E-state index is 5.98. The second kappa shape index (κ2) is 7.01. The minimum atomic E-state index is 0.626. The van der Waals surface area contributed by atoms with Crippen molar-refractivity contribution in [3.8, 4) is 0 Å². The van der Waals surface area contributed by atoms with Crippen LogP contribution >= 0.6 is 0 Å². The fourth-order valence-corrected chi connectivity index (χ4v) is 3.30. The first-order valence-corrected chi connectivity index (χ1v) is 7.58. The summed E-state index contributed by atoms with van der Waals surface area (Å²) >= 11 is 0. The molecule has 0 radical (unpaired) electrons. The Labute approximate surface area is 117 Å². The van der Waals surface area contributed by atoms with Crippen molar-refractivity contribution >= 4 is 0 Å². The molecule has 19 heavy (non-hydrogen) atoms. The average molecular weight is 261 g/mol. The second-order valence-corrected chi connectivity index (χ2v) is 5.87. The molecule has 3 nitrogen and oxygen atoms in total. The highest BCUT2D eigenvalue weighted by Gasteiger charge is 2.31. The van der Waals surface area contributed by atoms with E-state index in [0.29, 0.717) is 12.0 Å². The van der Waals surface area contributed by atoms with E-state index in [1.54, 1.807) is 0 Å². The number of rotatable bonds is 5. The summed E-state index contributed by atoms with van der Waals surface area (Å²) in [5.74, 6) is 1.48. The number of pyridine rings is 1. The predicted octanol–water partition coefficient (Wildman–Crippen LogP) is 2.67.